The number of allylic oxidation sites excluding steroid dienone is 4. The average molecular weight is 580 g/mol. The Labute approximate surface area is 233 Å². The second-order valence-electron chi connectivity index (χ2n) is 10.9. The van der Waals surface area contributed by atoms with Gasteiger partial charge in [-0.2, -0.15) is 0 Å². The Hall–Kier alpha value is -2.32. The van der Waals surface area contributed by atoms with Gasteiger partial charge in [0, 0.05) is 0 Å². The van der Waals surface area contributed by atoms with Crippen LogP contribution in [0, 0.1) is 17.3 Å². The zero-order chi connectivity index (χ0) is 25.8. The number of hydrogen-bond donors (Lipinski definition) is 1. The SMILES string of the molecule is Br.CC(C=CC1C(C)C(=O)C(O)CC1(C)C)=CC[PH](c1ccccc1)(c1ccccc1)c1ccccc1. The van der Waals surface area contributed by atoms with E-state index in [9.17, 15) is 9.90 Å². The molecule has 0 aliphatic heterocycles. The van der Waals surface area contributed by atoms with Crippen molar-refractivity contribution in [2.24, 2.45) is 17.3 Å². The van der Waals surface area contributed by atoms with Gasteiger partial charge in [-0.1, -0.05) is 0 Å². The van der Waals surface area contributed by atoms with Gasteiger partial charge in [-0.3, -0.25) is 0 Å². The van der Waals surface area contributed by atoms with Crippen LogP contribution in [0.5, 0.6) is 0 Å². The van der Waals surface area contributed by atoms with Crippen molar-refractivity contribution in [1.82, 2.24) is 0 Å². The molecule has 1 fully saturated rings. The van der Waals surface area contributed by atoms with Gasteiger partial charge < -0.3 is 0 Å². The molecule has 1 saturated carbocycles. The van der Waals surface area contributed by atoms with Crippen LogP contribution in [0.3, 0.4) is 0 Å². The second kappa shape index (κ2) is 12.5. The molecule has 1 aliphatic rings. The fraction of sp³-hybridized carbons (Fsp3) is 0.303. The van der Waals surface area contributed by atoms with E-state index in [1.165, 1.54) is 21.5 Å². The summed E-state index contributed by atoms with van der Waals surface area (Å²) in [6.45, 7) is 8.43. The number of aliphatic hydroxyl groups excluding tert-OH is 1. The maximum absolute atomic E-state index is 12.5. The summed E-state index contributed by atoms with van der Waals surface area (Å²) in [5.74, 6) is -0.107. The minimum atomic E-state index is -2.31. The van der Waals surface area contributed by atoms with Crippen molar-refractivity contribution in [3.63, 3.8) is 0 Å². The van der Waals surface area contributed by atoms with E-state index in [-0.39, 0.29) is 40.0 Å². The molecule has 3 unspecified atom stereocenters. The standard InChI is InChI=1S/C33H39O2P.BrH/c1-25(20-21-30-26(2)32(35)31(34)24-33(30,3)4)22-23-36(27-14-8-5-9-15-27,28-16-10-6-11-17-28)29-18-12-7-13-19-29;/h5-22,26,30-31,34,36H,23-24H2,1-4H3;1H. The number of ketones is 1. The number of benzene rings is 3. The molecule has 2 nitrogen and oxygen atoms in total. The number of carbonyl (C=O) groups is 1. The molecule has 3 atom stereocenters. The molecule has 1 N–H and O–H groups in total. The summed E-state index contributed by atoms with van der Waals surface area (Å²) in [6.07, 6.45) is 7.39. The predicted molar refractivity (Wildman–Crippen MR) is 167 cm³/mol. The molecule has 0 radical (unpaired) electrons. The number of halogens is 1. The molecule has 0 bridgehead atoms. The van der Waals surface area contributed by atoms with Crippen molar-refractivity contribution in [2.75, 3.05) is 6.16 Å². The number of aliphatic hydroxyl groups is 1. The van der Waals surface area contributed by atoms with Crippen LogP contribution in [0.2, 0.25) is 0 Å². The Balaban J connectivity index is 0.00000380. The van der Waals surface area contributed by atoms with Crippen molar-refractivity contribution in [2.45, 2.75) is 40.2 Å². The molecule has 4 rings (SSSR count). The third kappa shape index (κ3) is 6.23. The molecule has 37 heavy (non-hydrogen) atoms. The second-order valence-corrected chi connectivity index (χ2v) is 14.9. The van der Waals surface area contributed by atoms with Crippen LogP contribution in [0.15, 0.2) is 115 Å². The predicted octanol–water partition coefficient (Wildman–Crippen LogP) is 6.41. The number of Topliss-reactive ketones (excluding diaryl/α,β-unsaturated/α-hetero) is 1. The third-order valence-corrected chi connectivity index (χ3v) is 12.8. The molecule has 0 heterocycles. The minimum absolute atomic E-state index is 0. The van der Waals surface area contributed by atoms with Gasteiger partial charge in [0.05, 0.1) is 0 Å². The van der Waals surface area contributed by atoms with Gasteiger partial charge >= 0.3 is 217 Å². The van der Waals surface area contributed by atoms with Gasteiger partial charge in [0.1, 0.15) is 0 Å². The van der Waals surface area contributed by atoms with Crippen molar-refractivity contribution >= 4 is 45.9 Å². The van der Waals surface area contributed by atoms with Crippen LogP contribution in [0.1, 0.15) is 34.1 Å². The van der Waals surface area contributed by atoms with Crippen molar-refractivity contribution in [3.05, 3.63) is 115 Å². The Kier molecular flexibility index (Phi) is 9.86. The summed E-state index contributed by atoms with van der Waals surface area (Å²) >= 11 is 0. The molecular formula is C33H40BrO2P. The van der Waals surface area contributed by atoms with E-state index in [1.54, 1.807) is 0 Å². The van der Waals surface area contributed by atoms with Crippen molar-refractivity contribution in [3.8, 4) is 0 Å². The van der Waals surface area contributed by atoms with E-state index in [1.807, 2.05) is 6.92 Å². The monoisotopic (exact) mass is 578 g/mol. The van der Waals surface area contributed by atoms with E-state index in [4.69, 9.17) is 0 Å². The summed E-state index contributed by atoms with van der Waals surface area (Å²) in [5, 5.41) is 14.4. The van der Waals surface area contributed by atoms with E-state index in [2.05, 4.69) is 130 Å². The average Bonchev–Trinajstić information content (AvgIpc) is 2.89. The normalized spacial score (nSPS) is 22.5. The van der Waals surface area contributed by atoms with Crippen molar-refractivity contribution in [1.29, 1.82) is 0 Å². The quantitative estimate of drug-likeness (QED) is 0.260. The van der Waals surface area contributed by atoms with Gasteiger partial charge in [0.2, 0.25) is 0 Å². The summed E-state index contributed by atoms with van der Waals surface area (Å²) < 4.78 is 0. The molecule has 196 valence electrons. The molecule has 3 aromatic rings. The third-order valence-electron chi connectivity index (χ3n) is 8.03. The van der Waals surface area contributed by atoms with Gasteiger partial charge in [0.15, 0.2) is 0 Å². The molecule has 3 aromatic carbocycles. The summed E-state index contributed by atoms with van der Waals surface area (Å²) in [4.78, 5) is 12.5. The Bertz CT molecular complexity index is 1120. The topological polar surface area (TPSA) is 37.3 Å². The number of rotatable bonds is 7. The van der Waals surface area contributed by atoms with Gasteiger partial charge in [-0.25, -0.2) is 0 Å². The summed E-state index contributed by atoms with van der Waals surface area (Å²) in [5.41, 5.74) is 1.08. The van der Waals surface area contributed by atoms with Crippen LogP contribution < -0.4 is 15.9 Å². The maximum atomic E-state index is 12.5. The zero-order valence-electron chi connectivity index (χ0n) is 22.3. The first-order valence-corrected chi connectivity index (χ1v) is 15.2. The molecule has 0 aromatic heterocycles. The molecular weight excluding hydrogens is 539 g/mol. The molecule has 4 heteroatoms. The Morgan fingerprint density at radius 2 is 1.32 bits per heavy atom. The van der Waals surface area contributed by atoms with Crippen LogP contribution >= 0.6 is 24.2 Å². The number of carbonyl (C=O) groups excluding carboxylic acids is 1. The molecule has 0 spiro atoms. The van der Waals surface area contributed by atoms with Gasteiger partial charge in [-0.05, 0) is 0 Å². The Morgan fingerprint density at radius 3 is 1.76 bits per heavy atom. The van der Waals surface area contributed by atoms with E-state index in [0.29, 0.717) is 6.42 Å². The van der Waals surface area contributed by atoms with Gasteiger partial charge in [-0.15, -0.1) is 17.0 Å². The molecule has 0 saturated heterocycles. The molecule has 1 aliphatic carbocycles. The summed E-state index contributed by atoms with van der Waals surface area (Å²) in [6, 6.07) is 32.9. The number of hydrogen-bond acceptors (Lipinski definition) is 2. The van der Waals surface area contributed by atoms with Crippen LogP contribution in [-0.2, 0) is 4.79 Å². The first-order chi connectivity index (χ1) is 17.3. The van der Waals surface area contributed by atoms with Crippen LogP contribution in [0.25, 0.3) is 0 Å². The first kappa shape index (κ1) is 29.2. The van der Waals surface area contributed by atoms with E-state index < -0.39 is 13.4 Å². The fourth-order valence-corrected chi connectivity index (χ4v) is 10.6. The van der Waals surface area contributed by atoms with E-state index >= 15 is 0 Å². The first-order valence-electron chi connectivity index (χ1n) is 13.0. The Morgan fingerprint density at radius 1 is 0.892 bits per heavy atom. The fourth-order valence-electron chi connectivity index (χ4n) is 5.98. The van der Waals surface area contributed by atoms with Crippen molar-refractivity contribution < 1.29 is 9.90 Å². The van der Waals surface area contributed by atoms with Crippen LogP contribution in [0.4, 0.5) is 0 Å². The van der Waals surface area contributed by atoms with E-state index in [0.717, 1.165) is 6.16 Å². The summed E-state index contributed by atoms with van der Waals surface area (Å²) in [7, 11) is -2.31. The zero-order valence-corrected chi connectivity index (χ0v) is 25.0. The molecule has 0 amide bonds. The van der Waals surface area contributed by atoms with Gasteiger partial charge in [0.25, 0.3) is 0 Å². The van der Waals surface area contributed by atoms with Crippen LogP contribution in [-0.4, -0.2) is 23.2 Å².